The molecular formula is C34H27NOS. The first kappa shape index (κ1) is 22.3. The Bertz CT molecular complexity index is 1500. The fraction of sp³-hybridized carbons (Fsp3) is 0.118. The van der Waals surface area contributed by atoms with Crippen molar-refractivity contribution in [1.82, 2.24) is 0 Å². The average molecular weight is 498 g/mol. The van der Waals surface area contributed by atoms with Gasteiger partial charge in [0.15, 0.2) is 0 Å². The quantitative estimate of drug-likeness (QED) is 0.247. The maximum Gasteiger partial charge on any atom is 0.119 e. The van der Waals surface area contributed by atoms with Gasteiger partial charge in [-0.2, -0.15) is 0 Å². The van der Waals surface area contributed by atoms with Crippen LogP contribution in [-0.2, 0) is 4.75 Å². The SMILES string of the molecule is COc1ccc(N2C(c3ccccc3)SC3(c4ccccc4-c4ccccc43)C2c2ccccc2)cc1. The predicted molar refractivity (Wildman–Crippen MR) is 154 cm³/mol. The molecule has 5 aromatic rings. The fourth-order valence-electron chi connectivity index (χ4n) is 6.19. The second-order valence-corrected chi connectivity index (χ2v) is 11.0. The van der Waals surface area contributed by atoms with Gasteiger partial charge >= 0.3 is 0 Å². The van der Waals surface area contributed by atoms with Gasteiger partial charge in [0.1, 0.15) is 11.1 Å². The second kappa shape index (κ2) is 8.86. The molecule has 3 heteroatoms. The number of ether oxygens (including phenoxy) is 1. The Kier molecular flexibility index (Phi) is 5.33. The van der Waals surface area contributed by atoms with E-state index in [9.17, 15) is 0 Å². The molecule has 2 nitrogen and oxygen atoms in total. The second-order valence-electron chi connectivity index (χ2n) is 9.63. The minimum absolute atomic E-state index is 0.0853. The van der Waals surface area contributed by atoms with E-state index in [0.717, 1.165) is 5.75 Å². The number of hydrogen-bond acceptors (Lipinski definition) is 3. The van der Waals surface area contributed by atoms with E-state index < -0.39 is 0 Å². The van der Waals surface area contributed by atoms with Crippen LogP contribution in [0, 0.1) is 0 Å². The molecule has 0 N–H and O–H groups in total. The lowest BCUT2D eigenvalue weighted by molar-refractivity contribution is 0.414. The number of nitrogens with zero attached hydrogens (tertiary/aromatic N) is 1. The molecule has 1 heterocycles. The molecule has 37 heavy (non-hydrogen) atoms. The Morgan fingerprint density at radius 1 is 0.595 bits per heavy atom. The molecule has 180 valence electrons. The van der Waals surface area contributed by atoms with Crippen molar-refractivity contribution >= 4 is 17.4 Å². The van der Waals surface area contributed by atoms with Gasteiger partial charge in [-0.05, 0) is 57.6 Å². The van der Waals surface area contributed by atoms with Crippen molar-refractivity contribution in [2.24, 2.45) is 0 Å². The van der Waals surface area contributed by atoms with Crippen molar-refractivity contribution in [3.63, 3.8) is 0 Å². The summed E-state index contributed by atoms with van der Waals surface area (Å²) in [6.45, 7) is 0. The summed E-state index contributed by atoms with van der Waals surface area (Å²) in [5.74, 6) is 0.870. The zero-order valence-electron chi connectivity index (χ0n) is 20.6. The highest BCUT2D eigenvalue weighted by Crippen LogP contribution is 2.71. The average Bonchev–Trinajstić information content (AvgIpc) is 3.48. The number of methoxy groups -OCH3 is 1. The Morgan fingerprint density at radius 2 is 1.11 bits per heavy atom. The summed E-state index contributed by atoms with van der Waals surface area (Å²) in [6, 6.07) is 48.6. The number of fused-ring (bicyclic) bond motifs is 5. The Labute approximate surface area is 222 Å². The van der Waals surface area contributed by atoms with E-state index in [1.54, 1.807) is 7.11 Å². The van der Waals surface area contributed by atoms with Crippen molar-refractivity contribution in [2.75, 3.05) is 12.0 Å². The highest BCUT2D eigenvalue weighted by molar-refractivity contribution is 8.01. The molecule has 1 aliphatic heterocycles. The molecule has 1 aliphatic carbocycles. The lowest BCUT2D eigenvalue weighted by Crippen LogP contribution is -2.35. The number of rotatable bonds is 4. The topological polar surface area (TPSA) is 12.5 Å². The molecule has 7 rings (SSSR count). The molecule has 1 saturated heterocycles. The van der Waals surface area contributed by atoms with Gasteiger partial charge in [-0.15, -0.1) is 11.8 Å². The zero-order chi connectivity index (χ0) is 24.8. The van der Waals surface area contributed by atoms with Gasteiger partial charge in [0.25, 0.3) is 0 Å². The van der Waals surface area contributed by atoms with Crippen molar-refractivity contribution in [3.05, 3.63) is 156 Å². The van der Waals surface area contributed by atoms with Crippen molar-refractivity contribution < 1.29 is 4.74 Å². The van der Waals surface area contributed by atoms with Gasteiger partial charge in [0, 0.05) is 5.69 Å². The molecule has 0 amide bonds. The summed E-state index contributed by atoms with van der Waals surface area (Å²) < 4.78 is 5.25. The van der Waals surface area contributed by atoms with Crippen LogP contribution in [0.2, 0.25) is 0 Å². The van der Waals surface area contributed by atoms with Crippen LogP contribution in [0.25, 0.3) is 11.1 Å². The van der Waals surface area contributed by atoms with E-state index in [1.807, 2.05) is 0 Å². The largest absolute Gasteiger partial charge is 0.497 e. The van der Waals surface area contributed by atoms with Crippen LogP contribution in [0.15, 0.2) is 133 Å². The number of anilines is 1. The van der Waals surface area contributed by atoms with E-state index in [1.165, 1.54) is 39.1 Å². The van der Waals surface area contributed by atoms with Crippen LogP contribution in [0.1, 0.15) is 33.7 Å². The first-order valence-corrected chi connectivity index (χ1v) is 13.6. The van der Waals surface area contributed by atoms with E-state index in [2.05, 4.69) is 150 Å². The van der Waals surface area contributed by atoms with Gasteiger partial charge in [-0.3, -0.25) is 0 Å². The van der Waals surface area contributed by atoms with Gasteiger partial charge in [0.05, 0.1) is 17.9 Å². The summed E-state index contributed by atoms with van der Waals surface area (Å²) in [5.41, 5.74) is 9.29. The first-order chi connectivity index (χ1) is 18.3. The summed E-state index contributed by atoms with van der Waals surface area (Å²) in [5, 5.41) is 0.124. The minimum Gasteiger partial charge on any atom is -0.497 e. The molecule has 0 radical (unpaired) electrons. The predicted octanol–water partition coefficient (Wildman–Crippen LogP) is 8.61. The van der Waals surface area contributed by atoms with Crippen molar-refractivity contribution in [1.29, 1.82) is 0 Å². The number of hydrogen-bond donors (Lipinski definition) is 0. The smallest absolute Gasteiger partial charge is 0.119 e. The Balaban J connectivity index is 1.55. The van der Waals surface area contributed by atoms with E-state index in [4.69, 9.17) is 4.74 Å². The molecule has 0 aromatic heterocycles. The van der Waals surface area contributed by atoms with Gasteiger partial charge in [0.2, 0.25) is 0 Å². The third-order valence-electron chi connectivity index (χ3n) is 7.73. The van der Waals surface area contributed by atoms with Crippen LogP contribution in [-0.4, -0.2) is 7.11 Å². The molecule has 2 unspecified atom stereocenters. The van der Waals surface area contributed by atoms with Crippen LogP contribution >= 0.6 is 11.8 Å². The standard InChI is InChI=1S/C34H27NOS/c1-36-27-22-20-26(21-23-27)35-32(24-12-4-2-5-13-24)34(37-33(35)25-14-6-3-7-15-25)30-18-10-8-16-28(30)29-17-9-11-19-31(29)34/h2-23,32-33H,1H3. The monoisotopic (exact) mass is 497 g/mol. The summed E-state index contributed by atoms with van der Waals surface area (Å²) >= 11 is 2.07. The molecule has 0 saturated carbocycles. The van der Waals surface area contributed by atoms with Crippen LogP contribution in [0.3, 0.4) is 0 Å². The Hall–Kier alpha value is -3.95. The molecule has 2 atom stereocenters. The molecule has 5 aromatic carbocycles. The highest BCUT2D eigenvalue weighted by atomic mass is 32.2. The number of thioether (sulfide) groups is 1. The third-order valence-corrected chi connectivity index (χ3v) is 9.49. The number of benzene rings is 5. The van der Waals surface area contributed by atoms with Gasteiger partial charge in [-0.25, -0.2) is 0 Å². The maximum atomic E-state index is 5.52. The van der Waals surface area contributed by atoms with Crippen LogP contribution in [0.4, 0.5) is 5.69 Å². The molecule has 1 fully saturated rings. The lowest BCUT2D eigenvalue weighted by Gasteiger charge is -2.38. The summed E-state index contributed by atoms with van der Waals surface area (Å²) in [7, 11) is 1.72. The molecule has 2 aliphatic rings. The lowest BCUT2D eigenvalue weighted by atomic mass is 9.83. The van der Waals surface area contributed by atoms with Crippen LogP contribution < -0.4 is 9.64 Å². The highest BCUT2D eigenvalue weighted by Gasteiger charge is 2.59. The summed E-state index contributed by atoms with van der Waals surface area (Å²) in [6.07, 6.45) is 0. The van der Waals surface area contributed by atoms with E-state index in [-0.39, 0.29) is 16.2 Å². The van der Waals surface area contributed by atoms with Gasteiger partial charge in [-0.1, -0.05) is 109 Å². The fourth-order valence-corrected chi connectivity index (χ4v) is 8.19. The third kappa shape index (κ3) is 3.34. The normalized spacial score (nSPS) is 19.0. The molecular weight excluding hydrogens is 470 g/mol. The van der Waals surface area contributed by atoms with Crippen LogP contribution in [0.5, 0.6) is 5.75 Å². The maximum absolute atomic E-state index is 5.52. The molecule has 0 bridgehead atoms. The zero-order valence-corrected chi connectivity index (χ0v) is 21.4. The van der Waals surface area contributed by atoms with Crippen molar-refractivity contribution in [3.8, 4) is 16.9 Å². The van der Waals surface area contributed by atoms with E-state index >= 15 is 0 Å². The van der Waals surface area contributed by atoms with Gasteiger partial charge < -0.3 is 9.64 Å². The first-order valence-electron chi connectivity index (χ1n) is 12.7. The Morgan fingerprint density at radius 3 is 1.68 bits per heavy atom. The minimum atomic E-state index is -0.269. The molecule has 1 spiro atoms. The van der Waals surface area contributed by atoms with Crippen molar-refractivity contribution in [2.45, 2.75) is 16.2 Å². The summed E-state index contributed by atoms with van der Waals surface area (Å²) in [4.78, 5) is 2.63. The van der Waals surface area contributed by atoms with E-state index in [0.29, 0.717) is 0 Å².